The number of unbranched alkanes of at least 4 members (excludes halogenated alkanes) is 14. The molecule has 0 amide bonds. The zero-order chi connectivity index (χ0) is 35.9. The molecule has 2 aliphatic rings. The number of ether oxygens (including phenoxy) is 4. The van der Waals surface area contributed by atoms with E-state index >= 15 is 0 Å². The van der Waals surface area contributed by atoms with Crippen molar-refractivity contribution in [2.75, 3.05) is 26.4 Å². The van der Waals surface area contributed by atoms with Gasteiger partial charge in [-0.3, -0.25) is 4.79 Å². The summed E-state index contributed by atoms with van der Waals surface area (Å²) in [6.45, 7) is 0.448. The number of esters is 1. The molecule has 48 heavy (non-hydrogen) atoms. The number of rotatable bonds is 23. The summed E-state index contributed by atoms with van der Waals surface area (Å²) in [6.07, 6.45) is 3.46. The average Bonchev–Trinajstić information content (AvgIpc) is 3.09. The predicted molar refractivity (Wildman–Crippen MR) is 172 cm³/mol. The number of aliphatic hydroxyl groups excluding tert-OH is 10. The normalized spacial score (nSPS) is 31.1. The zero-order valence-electron chi connectivity index (χ0n) is 28.5. The molecule has 11 atom stereocenters. The fraction of sp³-hybridized carbons (Fsp3) is 0.970. The number of aliphatic hydroxyl groups is 10. The fourth-order valence-electron chi connectivity index (χ4n) is 5.52. The highest BCUT2D eigenvalue weighted by atomic mass is 16.7. The summed E-state index contributed by atoms with van der Waals surface area (Å²) in [4.78, 5) is 11.4. The third kappa shape index (κ3) is 17.2. The lowest BCUT2D eigenvalue weighted by atomic mass is 9.97. The van der Waals surface area contributed by atoms with E-state index in [0.29, 0.717) is 6.42 Å². The van der Waals surface area contributed by atoms with Gasteiger partial charge in [0.25, 0.3) is 0 Å². The summed E-state index contributed by atoms with van der Waals surface area (Å²) in [6, 6.07) is 0. The summed E-state index contributed by atoms with van der Waals surface area (Å²) in [5, 5.41) is 94.2. The third-order valence-corrected chi connectivity index (χ3v) is 8.61. The van der Waals surface area contributed by atoms with E-state index in [1.807, 2.05) is 0 Å². The second-order valence-corrected chi connectivity index (χ2v) is 12.7. The van der Waals surface area contributed by atoms with Crippen LogP contribution in [0.1, 0.15) is 110 Å². The molecular formula is C33H64O15. The van der Waals surface area contributed by atoms with Gasteiger partial charge in [0.15, 0.2) is 12.6 Å². The highest BCUT2D eigenvalue weighted by Gasteiger charge is 2.50. The van der Waals surface area contributed by atoms with Gasteiger partial charge in [-0.1, -0.05) is 96.8 Å². The van der Waals surface area contributed by atoms with Gasteiger partial charge >= 0.3 is 5.97 Å². The van der Waals surface area contributed by atoms with Gasteiger partial charge in [-0.15, -0.1) is 0 Å². The van der Waals surface area contributed by atoms with Gasteiger partial charge in [0.05, 0.1) is 19.8 Å². The molecule has 2 aliphatic heterocycles. The van der Waals surface area contributed by atoms with Crippen molar-refractivity contribution in [1.82, 2.24) is 0 Å². The lowest BCUT2D eigenvalue weighted by Gasteiger charge is -2.45. The van der Waals surface area contributed by atoms with E-state index in [9.17, 15) is 40.5 Å². The summed E-state index contributed by atoms with van der Waals surface area (Å²) < 4.78 is 20.1. The third-order valence-electron chi connectivity index (χ3n) is 8.61. The molecule has 0 aromatic rings. The van der Waals surface area contributed by atoms with Gasteiger partial charge in [-0.25, -0.2) is 0 Å². The van der Waals surface area contributed by atoms with Gasteiger partial charge in [-0.2, -0.15) is 0 Å². The Balaban J connectivity index is 0.000000481. The Bertz CT molecular complexity index is 788. The fourth-order valence-corrected chi connectivity index (χ4v) is 5.52. The number of hydrogen-bond acceptors (Lipinski definition) is 15. The quantitative estimate of drug-likeness (QED) is 0.0487. The zero-order valence-corrected chi connectivity index (χ0v) is 28.5. The molecular weight excluding hydrogens is 636 g/mol. The van der Waals surface area contributed by atoms with Crippen molar-refractivity contribution in [3.8, 4) is 0 Å². The van der Waals surface area contributed by atoms with Crippen LogP contribution in [-0.2, 0) is 23.7 Å². The molecule has 286 valence electrons. The van der Waals surface area contributed by atoms with Crippen molar-refractivity contribution in [1.29, 1.82) is 0 Å². The predicted octanol–water partition coefficient (Wildman–Crippen LogP) is -0.253. The summed E-state index contributed by atoms with van der Waals surface area (Å²) in [7, 11) is 0. The Hall–Kier alpha value is -1.05. The topological polar surface area (TPSA) is 256 Å². The molecule has 2 saturated heterocycles. The van der Waals surface area contributed by atoms with E-state index in [2.05, 4.69) is 6.92 Å². The molecule has 10 N–H and O–H groups in total. The molecule has 0 aliphatic carbocycles. The van der Waals surface area contributed by atoms with Crippen molar-refractivity contribution in [3.05, 3.63) is 0 Å². The van der Waals surface area contributed by atoms with E-state index < -0.39 is 80.7 Å². The van der Waals surface area contributed by atoms with Crippen molar-refractivity contribution >= 4 is 5.97 Å². The van der Waals surface area contributed by atoms with E-state index in [1.54, 1.807) is 0 Å². The Morgan fingerprint density at radius 2 is 1.12 bits per heavy atom. The van der Waals surface area contributed by atoms with Gasteiger partial charge in [0.2, 0.25) is 0 Å². The van der Waals surface area contributed by atoms with Crippen LogP contribution >= 0.6 is 0 Å². The van der Waals surface area contributed by atoms with Crippen LogP contribution in [0.4, 0.5) is 0 Å². The molecule has 0 saturated carbocycles. The van der Waals surface area contributed by atoms with Gasteiger partial charge in [-0.05, 0) is 6.42 Å². The van der Waals surface area contributed by atoms with E-state index in [1.165, 1.54) is 83.5 Å². The maximum Gasteiger partial charge on any atom is 0.305 e. The minimum absolute atomic E-state index is 0.103. The lowest BCUT2D eigenvalue weighted by molar-refractivity contribution is -0.355. The first-order valence-corrected chi connectivity index (χ1v) is 17.7. The number of hydrogen-bond donors (Lipinski definition) is 10. The SMILES string of the molecule is CCCCCCCCCCCCCCCCCC(=O)OCC(O)CO.OC[C@H]1O[C@@H](O[C@H]2[C@H](O)[C@@H](O)C(O)O[C@@H]2CO)[C@H](O)[C@@H](O)[C@H]1O. The Morgan fingerprint density at radius 1 is 0.625 bits per heavy atom. The van der Waals surface area contributed by atoms with Gasteiger partial charge < -0.3 is 70.0 Å². The molecule has 15 heteroatoms. The smallest absolute Gasteiger partial charge is 0.305 e. The highest BCUT2D eigenvalue weighted by Crippen LogP contribution is 2.28. The molecule has 2 rings (SSSR count). The standard InChI is InChI=1S/C21H42O4.C12H22O11/c1-2-3-4-5-6-7-8-9-10-11-12-13-14-15-16-17-21(24)25-19-20(23)18-22;13-1-3-5(15)6(16)9(19)12(22-3)23-10-4(2-14)21-11(20)8(18)7(10)17/h20,22-23H,2-19H2,1H3;3-20H,1-2H2/t;3-,4-,5+,6+,7-,8-,9-,10-,11?,12+/m.1/s1. The molecule has 0 aromatic heterocycles. The van der Waals surface area contributed by atoms with Crippen LogP contribution in [0.15, 0.2) is 0 Å². The van der Waals surface area contributed by atoms with E-state index in [-0.39, 0.29) is 19.2 Å². The van der Waals surface area contributed by atoms with Crippen LogP contribution in [0.3, 0.4) is 0 Å². The van der Waals surface area contributed by atoms with E-state index in [4.69, 9.17) is 34.3 Å². The van der Waals surface area contributed by atoms with Gasteiger partial charge in [0.1, 0.15) is 61.5 Å². The molecule has 2 fully saturated rings. The van der Waals surface area contributed by atoms with Crippen molar-refractivity contribution in [2.45, 2.75) is 177 Å². The van der Waals surface area contributed by atoms with Crippen LogP contribution in [0.25, 0.3) is 0 Å². The minimum atomic E-state index is -1.74. The first-order valence-electron chi connectivity index (χ1n) is 17.7. The van der Waals surface area contributed by atoms with Crippen LogP contribution in [0.2, 0.25) is 0 Å². The Kier molecular flexibility index (Phi) is 25.0. The first kappa shape index (κ1) is 45.0. The van der Waals surface area contributed by atoms with E-state index in [0.717, 1.165) is 12.8 Å². The maximum absolute atomic E-state index is 11.4. The molecule has 0 spiro atoms. The molecule has 2 unspecified atom stereocenters. The van der Waals surface area contributed by atoms with Crippen molar-refractivity contribution < 1.29 is 74.8 Å². The first-order chi connectivity index (χ1) is 23.0. The Morgan fingerprint density at radius 3 is 1.60 bits per heavy atom. The minimum Gasteiger partial charge on any atom is -0.463 e. The van der Waals surface area contributed by atoms with Crippen LogP contribution < -0.4 is 0 Å². The van der Waals surface area contributed by atoms with Crippen molar-refractivity contribution in [3.63, 3.8) is 0 Å². The van der Waals surface area contributed by atoms with Crippen LogP contribution in [0.5, 0.6) is 0 Å². The number of carbonyl (C=O) groups is 1. The van der Waals surface area contributed by atoms with Crippen LogP contribution in [-0.4, -0.2) is 151 Å². The average molecular weight is 701 g/mol. The maximum atomic E-state index is 11.4. The summed E-state index contributed by atoms with van der Waals surface area (Å²) in [5.41, 5.74) is 0. The molecule has 15 nitrogen and oxygen atoms in total. The second-order valence-electron chi connectivity index (χ2n) is 12.7. The summed E-state index contributed by atoms with van der Waals surface area (Å²) in [5.74, 6) is -0.276. The lowest BCUT2D eigenvalue weighted by Crippen LogP contribution is -2.64. The monoisotopic (exact) mass is 700 g/mol. The highest BCUT2D eigenvalue weighted by molar-refractivity contribution is 5.69. The van der Waals surface area contributed by atoms with Crippen LogP contribution in [0, 0.1) is 0 Å². The molecule has 0 bridgehead atoms. The molecule has 2 heterocycles. The molecule has 0 radical (unpaired) electrons. The Labute approximate surface area is 284 Å². The van der Waals surface area contributed by atoms with Crippen molar-refractivity contribution in [2.24, 2.45) is 0 Å². The van der Waals surface area contributed by atoms with Gasteiger partial charge in [0, 0.05) is 6.42 Å². The number of carbonyl (C=O) groups excluding carboxylic acids is 1. The molecule has 0 aromatic carbocycles. The largest absolute Gasteiger partial charge is 0.463 e. The second kappa shape index (κ2) is 26.7. The summed E-state index contributed by atoms with van der Waals surface area (Å²) >= 11 is 0.